The van der Waals surface area contributed by atoms with E-state index >= 15 is 0 Å². The van der Waals surface area contributed by atoms with Crippen molar-refractivity contribution >= 4 is 40.5 Å². The van der Waals surface area contributed by atoms with Gasteiger partial charge in [-0.1, -0.05) is 6.07 Å². The molecule has 144 valence electrons. The quantitative estimate of drug-likeness (QED) is 0.478. The zero-order chi connectivity index (χ0) is 20.3. The Hall–Kier alpha value is -3.75. The van der Waals surface area contributed by atoms with E-state index in [0.717, 1.165) is 12.1 Å². The van der Waals surface area contributed by atoms with Crippen LogP contribution in [0.5, 0.6) is 0 Å². The van der Waals surface area contributed by atoms with Crippen LogP contribution in [0, 0.1) is 17.0 Å². The number of amides is 3. The topological polar surface area (TPSA) is 122 Å². The van der Waals surface area contributed by atoms with Crippen molar-refractivity contribution in [3.63, 3.8) is 0 Å². The number of anilines is 3. The second kappa shape index (κ2) is 7.87. The van der Waals surface area contributed by atoms with Gasteiger partial charge in [0.1, 0.15) is 5.69 Å². The maximum absolute atomic E-state index is 12.1. The van der Waals surface area contributed by atoms with Gasteiger partial charge in [-0.2, -0.15) is 0 Å². The molecular weight excluding hydrogens is 364 g/mol. The van der Waals surface area contributed by atoms with Gasteiger partial charge in [0.2, 0.25) is 5.91 Å². The molecule has 1 aliphatic rings. The van der Waals surface area contributed by atoms with Gasteiger partial charge in [-0.15, -0.1) is 0 Å². The maximum atomic E-state index is 12.1. The van der Waals surface area contributed by atoms with Crippen LogP contribution < -0.4 is 15.5 Å². The summed E-state index contributed by atoms with van der Waals surface area (Å²) in [5.74, 6) is -1.93. The highest BCUT2D eigenvalue weighted by Crippen LogP contribution is 2.26. The molecular formula is C19H18N4O5. The Balaban J connectivity index is 1.65. The third kappa shape index (κ3) is 4.14. The Kier molecular flexibility index (Phi) is 5.35. The first-order valence-corrected chi connectivity index (χ1v) is 8.63. The van der Waals surface area contributed by atoms with Crippen LogP contribution in [0.25, 0.3) is 0 Å². The molecule has 0 atom stereocenters. The average Bonchev–Trinajstić information content (AvgIpc) is 3.09. The summed E-state index contributed by atoms with van der Waals surface area (Å²) in [4.78, 5) is 48.1. The summed E-state index contributed by atoms with van der Waals surface area (Å²) in [6, 6.07) is 10.8. The third-order valence-electron chi connectivity index (χ3n) is 4.31. The zero-order valence-electron chi connectivity index (χ0n) is 15.1. The number of benzene rings is 2. The molecule has 9 nitrogen and oxygen atoms in total. The van der Waals surface area contributed by atoms with E-state index in [2.05, 4.69) is 10.6 Å². The summed E-state index contributed by atoms with van der Waals surface area (Å²) in [5.41, 5.74) is 1.40. The fourth-order valence-corrected chi connectivity index (χ4v) is 2.91. The summed E-state index contributed by atoms with van der Waals surface area (Å²) in [6.07, 6.45) is 1.33. The summed E-state index contributed by atoms with van der Waals surface area (Å²) >= 11 is 0. The number of hydrogen-bond donors (Lipinski definition) is 2. The highest BCUT2D eigenvalue weighted by Gasteiger charge is 2.22. The Morgan fingerprint density at radius 3 is 2.36 bits per heavy atom. The molecule has 2 aromatic carbocycles. The van der Waals surface area contributed by atoms with Crippen molar-refractivity contribution in [2.45, 2.75) is 19.8 Å². The number of nitro groups is 1. The molecule has 0 aromatic heterocycles. The van der Waals surface area contributed by atoms with Gasteiger partial charge < -0.3 is 15.5 Å². The Labute approximate surface area is 160 Å². The van der Waals surface area contributed by atoms with Crippen LogP contribution in [0.1, 0.15) is 18.4 Å². The number of nitrogens with one attached hydrogen (secondary N) is 2. The Bertz CT molecular complexity index is 955. The normalized spacial score (nSPS) is 13.3. The molecule has 28 heavy (non-hydrogen) atoms. The SMILES string of the molecule is Cc1ccc(NC(=O)C(=O)Nc2ccc(N3CCCC3=O)cc2)c([N+](=O)[O-])c1. The molecule has 1 heterocycles. The number of aryl methyl sites for hydroxylation is 1. The fourth-order valence-electron chi connectivity index (χ4n) is 2.91. The van der Waals surface area contributed by atoms with E-state index in [1.54, 1.807) is 42.2 Å². The van der Waals surface area contributed by atoms with Crippen LogP contribution in [-0.4, -0.2) is 29.2 Å². The summed E-state index contributed by atoms with van der Waals surface area (Å²) < 4.78 is 0. The molecule has 1 aliphatic heterocycles. The zero-order valence-corrected chi connectivity index (χ0v) is 15.1. The molecule has 0 spiro atoms. The van der Waals surface area contributed by atoms with Crippen LogP contribution >= 0.6 is 0 Å². The van der Waals surface area contributed by atoms with Gasteiger partial charge in [0.25, 0.3) is 5.69 Å². The van der Waals surface area contributed by atoms with Crippen LogP contribution in [0.15, 0.2) is 42.5 Å². The molecule has 9 heteroatoms. The fraction of sp³-hybridized carbons (Fsp3) is 0.211. The first kappa shape index (κ1) is 19.0. The number of nitro benzene ring substituents is 1. The summed E-state index contributed by atoms with van der Waals surface area (Å²) in [6.45, 7) is 2.34. The molecule has 1 fully saturated rings. The lowest BCUT2D eigenvalue weighted by Gasteiger charge is -2.16. The van der Waals surface area contributed by atoms with Crippen LogP contribution in [0.2, 0.25) is 0 Å². The van der Waals surface area contributed by atoms with Crippen molar-refractivity contribution in [1.29, 1.82) is 0 Å². The largest absolute Gasteiger partial charge is 0.318 e. The Morgan fingerprint density at radius 1 is 1.07 bits per heavy atom. The molecule has 3 rings (SSSR count). The van der Waals surface area contributed by atoms with E-state index in [4.69, 9.17) is 0 Å². The lowest BCUT2D eigenvalue weighted by molar-refractivity contribution is -0.384. The standard InChI is InChI=1S/C19H18N4O5/c1-12-4-9-15(16(11-12)23(27)28)21-19(26)18(25)20-13-5-7-14(8-6-13)22-10-2-3-17(22)24/h4-9,11H,2-3,10H2,1H3,(H,20,25)(H,21,26). The third-order valence-corrected chi connectivity index (χ3v) is 4.31. The monoisotopic (exact) mass is 382 g/mol. The highest BCUT2D eigenvalue weighted by atomic mass is 16.6. The molecule has 2 aromatic rings. The summed E-state index contributed by atoms with van der Waals surface area (Å²) in [5, 5.41) is 15.8. The van der Waals surface area contributed by atoms with Gasteiger partial charge in [-0.05, 0) is 49.2 Å². The lowest BCUT2D eigenvalue weighted by Crippen LogP contribution is -2.29. The minimum Gasteiger partial charge on any atom is -0.318 e. The van der Waals surface area contributed by atoms with E-state index in [1.165, 1.54) is 12.1 Å². The van der Waals surface area contributed by atoms with Gasteiger partial charge in [0.15, 0.2) is 0 Å². The average molecular weight is 382 g/mol. The van der Waals surface area contributed by atoms with E-state index in [0.29, 0.717) is 24.2 Å². The van der Waals surface area contributed by atoms with Gasteiger partial charge >= 0.3 is 11.8 Å². The molecule has 2 N–H and O–H groups in total. The molecule has 0 saturated carbocycles. The number of carbonyl (C=O) groups is 3. The molecule has 0 bridgehead atoms. The van der Waals surface area contributed by atoms with Crippen molar-refractivity contribution in [2.75, 3.05) is 22.1 Å². The maximum Gasteiger partial charge on any atom is 0.314 e. The van der Waals surface area contributed by atoms with E-state index in [-0.39, 0.29) is 17.3 Å². The first-order valence-electron chi connectivity index (χ1n) is 8.63. The van der Waals surface area contributed by atoms with Gasteiger partial charge in [-0.25, -0.2) is 0 Å². The van der Waals surface area contributed by atoms with Gasteiger partial charge in [-0.3, -0.25) is 24.5 Å². The van der Waals surface area contributed by atoms with Crippen molar-refractivity contribution in [3.05, 3.63) is 58.1 Å². The summed E-state index contributed by atoms with van der Waals surface area (Å²) in [7, 11) is 0. The van der Waals surface area contributed by atoms with Crippen LogP contribution in [0.3, 0.4) is 0 Å². The predicted molar refractivity (Wildman–Crippen MR) is 103 cm³/mol. The molecule has 0 unspecified atom stereocenters. The number of carbonyl (C=O) groups excluding carboxylic acids is 3. The first-order chi connectivity index (χ1) is 13.3. The molecule has 3 amide bonds. The van der Waals surface area contributed by atoms with Crippen molar-refractivity contribution in [2.24, 2.45) is 0 Å². The van der Waals surface area contributed by atoms with E-state index in [9.17, 15) is 24.5 Å². The van der Waals surface area contributed by atoms with Gasteiger partial charge in [0.05, 0.1) is 4.92 Å². The number of nitrogens with zero attached hydrogens (tertiary/aromatic N) is 2. The number of hydrogen-bond acceptors (Lipinski definition) is 5. The second-order valence-corrected chi connectivity index (χ2v) is 6.38. The minimum absolute atomic E-state index is 0.0517. The van der Waals surface area contributed by atoms with E-state index < -0.39 is 16.7 Å². The van der Waals surface area contributed by atoms with Crippen molar-refractivity contribution in [1.82, 2.24) is 0 Å². The van der Waals surface area contributed by atoms with Crippen molar-refractivity contribution in [3.8, 4) is 0 Å². The lowest BCUT2D eigenvalue weighted by atomic mass is 10.2. The molecule has 1 saturated heterocycles. The minimum atomic E-state index is -1.02. The molecule has 0 radical (unpaired) electrons. The Morgan fingerprint density at radius 2 is 1.75 bits per heavy atom. The second-order valence-electron chi connectivity index (χ2n) is 6.38. The highest BCUT2D eigenvalue weighted by molar-refractivity contribution is 6.43. The smallest absolute Gasteiger partial charge is 0.314 e. The number of rotatable bonds is 4. The van der Waals surface area contributed by atoms with E-state index in [1.807, 2.05) is 0 Å². The molecule has 0 aliphatic carbocycles. The van der Waals surface area contributed by atoms with Gasteiger partial charge in [0, 0.05) is 30.4 Å². The van der Waals surface area contributed by atoms with Crippen molar-refractivity contribution < 1.29 is 19.3 Å². The predicted octanol–water partition coefficient (Wildman–Crippen LogP) is 2.61. The van der Waals surface area contributed by atoms with Crippen LogP contribution in [0.4, 0.5) is 22.7 Å². The van der Waals surface area contributed by atoms with Crippen LogP contribution in [-0.2, 0) is 14.4 Å².